The number of hydrogen-bond donors (Lipinski definition) is 1. The molecule has 0 unspecified atom stereocenters. The number of esters is 1. The number of carbonyl (C=O) groups excluding carboxylic acids is 1. The summed E-state index contributed by atoms with van der Waals surface area (Å²) in [6.45, 7) is 1.25. The van der Waals surface area contributed by atoms with Crippen molar-refractivity contribution >= 4 is 11.7 Å². The summed E-state index contributed by atoms with van der Waals surface area (Å²) in [7, 11) is 1.09. The second-order valence-electron chi connectivity index (χ2n) is 3.23. The molecule has 3 nitrogen and oxygen atoms in total. The summed E-state index contributed by atoms with van der Waals surface area (Å²) >= 11 is 0. The molecule has 0 heterocycles. The molecule has 88 valence electrons. The highest BCUT2D eigenvalue weighted by molar-refractivity contribution is 5.91. The van der Waals surface area contributed by atoms with E-state index in [4.69, 9.17) is 5.73 Å². The highest BCUT2D eigenvalue weighted by atomic mass is 19.4. The molecular formula is C10H10F3NO2. The van der Waals surface area contributed by atoms with E-state index in [1.807, 2.05) is 0 Å². The molecule has 0 aromatic heterocycles. The quantitative estimate of drug-likeness (QED) is 0.598. The van der Waals surface area contributed by atoms with Crippen LogP contribution in [0.3, 0.4) is 0 Å². The minimum absolute atomic E-state index is 0.0878. The normalized spacial score (nSPS) is 11.3. The number of ether oxygens (including phenoxy) is 1. The highest BCUT2D eigenvalue weighted by Crippen LogP contribution is 2.34. The summed E-state index contributed by atoms with van der Waals surface area (Å²) in [5.41, 5.74) is 4.08. The van der Waals surface area contributed by atoms with Crippen LogP contribution in [0.4, 0.5) is 18.9 Å². The summed E-state index contributed by atoms with van der Waals surface area (Å²) < 4.78 is 42.0. The third-order valence-electron chi connectivity index (χ3n) is 2.17. The second kappa shape index (κ2) is 4.03. The Morgan fingerprint density at radius 1 is 1.38 bits per heavy atom. The Kier molecular flexibility index (Phi) is 3.11. The van der Waals surface area contributed by atoms with E-state index < -0.39 is 17.7 Å². The number of nitrogen functional groups attached to an aromatic ring is 1. The first kappa shape index (κ1) is 12.4. The molecule has 1 aromatic rings. The standard InChI is InChI=1S/C10H10F3NO2/c1-5-7(10(11,12)13)3-6(4-8(5)14)9(15)16-2/h3-4H,14H2,1-2H3. The Balaban J connectivity index is 3.39. The van der Waals surface area contributed by atoms with Crippen LogP contribution in [0.1, 0.15) is 21.5 Å². The largest absolute Gasteiger partial charge is 0.465 e. The van der Waals surface area contributed by atoms with Gasteiger partial charge in [0.2, 0.25) is 0 Å². The smallest absolute Gasteiger partial charge is 0.416 e. The number of carbonyl (C=O) groups is 1. The zero-order valence-electron chi connectivity index (χ0n) is 8.68. The van der Waals surface area contributed by atoms with Crippen LogP contribution in [0.2, 0.25) is 0 Å². The average Bonchev–Trinajstić information content (AvgIpc) is 2.18. The van der Waals surface area contributed by atoms with Crippen molar-refractivity contribution in [3.8, 4) is 0 Å². The molecule has 1 aromatic carbocycles. The van der Waals surface area contributed by atoms with Gasteiger partial charge in [0.15, 0.2) is 0 Å². The van der Waals surface area contributed by atoms with Gasteiger partial charge in [-0.1, -0.05) is 0 Å². The molecule has 0 aliphatic rings. The molecule has 0 bridgehead atoms. The number of alkyl halides is 3. The fourth-order valence-electron chi connectivity index (χ4n) is 1.27. The fourth-order valence-corrected chi connectivity index (χ4v) is 1.27. The molecule has 6 heteroatoms. The van der Waals surface area contributed by atoms with Crippen LogP contribution in [-0.2, 0) is 10.9 Å². The summed E-state index contributed by atoms with van der Waals surface area (Å²) in [5.74, 6) is -0.850. The zero-order chi connectivity index (χ0) is 12.5. The van der Waals surface area contributed by atoms with Crippen molar-refractivity contribution in [2.45, 2.75) is 13.1 Å². The van der Waals surface area contributed by atoms with Crippen molar-refractivity contribution in [1.82, 2.24) is 0 Å². The molecule has 0 saturated heterocycles. The van der Waals surface area contributed by atoms with Crippen LogP contribution >= 0.6 is 0 Å². The first-order valence-corrected chi connectivity index (χ1v) is 4.33. The molecule has 0 spiro atoms. The van der Waals surface area contributed by atoms with E-state index in [9.17, 15) is 18.0 Å². The Bertz CT molecular complexity index is 427. The lowest BCUT2D eigenvalue weighted by atomic mass is 10.0. The van der Waals surface area contributed by atoms with Gasteiger partial charge in [0.1, 0.15) is 0 Å². The van der Waals surface area contributed by atoms with Gasteiger partial charge in [-0.25, -0.2) is 4.79 Å². The Morgan fingerprint density at radius 3 is 2.38 bits per heavy atom. The van der Waals surface area contributed by atoms with Gasteiger partial charge in [0, 0.05) is 5.69 Å². The molecule has 0 atom stereocenters. The molecule has 0 aliphatic heterocycles. The number of methoxy groups -OCH3 is 1. The molecule has 0 radical (unpaired) electrons. The maximum Gasteiger partial charge on any atom is 0.416 e. The van der Waals surface area contributed by atoms with E-state index in [2.05, 4.69) is 4.74 Å². The molecule has 2 N–H and O–H groups in total. The minimum atomic E-state index is -4.54. The van der Waals surface area contributed by atoms with Gasteiger partial charge in [-0.3, -0.25) is 0 Å². The van der Waals surface area contributed by atoms with E-state index >= 15 is 0 Å². The van der Waals surface area contributed by atoms with Gasteiger partial charge in [-0.05, 0) is 24.6 Å². The SMILES string of the molecule is COC(=O)c1cc(N)c(C)c(C(F)(F)F)c1. The van der Waals surface area contributed by atoms with Crippen LogP contribution in [0.25, 0.3) is 0 Å². The van der Waals surface area contributed by atoms with Gasteiger partial charge in [-0.15, -0.1) is 0 Å². The molecule has 0 aliphatic carbocycles. The number of benzene rings is 1. The number of hydrogen-bond acceptors (Lipinski definition) is 3. The van der Waals surface area contributed by atoms with Crippen LogP contribution in [0.15, 0.2) is 12.1 Å². The predicted octanol–water partition coefficient (Wildman–Crippen LogP) is 2.38. The number of nitrogens with two attached hydrogens (primary N) is 1. The highest BCUT2D eigenvalue weighted by Gasteiger charge is 2.34. The van der Waals surface area contributed by atoms with Crippen LogP contribution < -0.4 is 5.73 Å². The fraction of sp³-hybridized carbons (Fsp3) is 0.300. The lowest BCUT2D eigenvalue weighted by Crippen LogP contribution is -2.12. The third kappa shape index (κ3) is 2.26. The van der Waals surface area contributed by atoms with Crippen molar-refractivity contribution in [1.29, 1.82) is 0 Å². The summed E-state index contributed by atoms with van der Waals surface area (Å²) in [6, 6.07) is 1.90. The average molecular weight is 233 g/mol. The van der Waals surface area contributed by atoms with Gasteiger partial charge < -0.3 is 10.5 Å². The van der Waals surface area contributed by atoms with Crippen LogP contribution in [-0.4, -0.2) is 13.1 Å². The third-order valence-corrected chi connectivity index (χ3v) is 2.17. The predicted molar refractivity (Wildman–Crippen MR) is 51.9 cm³/mol. The maximum atomic E-state index is 12.6. The summed E-state index contributed by atoms with van der Waals surface area (Å²) in [6.07, 6.45) is -4.54. The molecule has 0 fully saturated rings. The number of rotatable bonds is 1. The van der Waals surface area contributed by atoms with Crippen molar-refractivity contribution in [2.24, 2.45) is 0 Å². The Labute approximate surface area is 90.0 Å². The topological polar surface area (TPSA) is 52.3 Å². The van der Waals surface area contributed by atoms with Crippen molar-refractivity contribution in [3.05, 3.63) is 28.8 Å². The van der Waals surface area contributed by atoms with Crippen molar-refractivity contribution in [2.75, 3.05) is 12.8 Å². The van der Waals surface area contributed by atoms with Gasteiger partial charge >= 0.3 is 12.1 Å². The first-order valence-electron chi connectivity index (χ1n) is 4.33. The minimum Gasteiger partial charge on any atom is -0.465 e. The molecule has 0 saturated carbocycles. The molecule has 0 amide bonds. The first-order chi connectivity index (χ1) is 7.27. The lowest BCUT2D eigenvalue weighted by molar-refractivity contribution is -0.138. The lowest BCUT2D eigenvalue weighted by Gasteiger charge is -2.13. The molecule has 1 rings (SSSR count). The van der Waals surface area contributed by atoms with E-state index in [-0.39, 0.29) is 16.8 Å². The van der Waals surface area contributed by atoms with Crippen LogP contribution in [0, 0.1) is 6.92 Å². The van der Waals surface area contributed by atoms with Crippen LogP contribution in [0.5, 0.6) is 0 Å². The number of anilines is 1. The zero-order valence-corrected chi connectivity index (χ0v) is 8.68. The Morgan fingerprint density at radius 2 is 1.94 bits per heavy atom. The van der Waals surface area contributed by atoms with Gasteiger partial charge in [0.25, 0.3) is 0 Å². The second-order valence-corrected chi connectivity index (χ2v) is 3.23. The van der Waals surface area contributed by atoms with E-state index in [1.54, 1.807) is 0 Å². The number of halogens is 3. The Hall–Kier alpha value is -1.72. The van der Waals surface area contributed by atoms with E-state index in [0.717, 1.165) is 19.2 Å². The van der Waals surface area contributed by atoms with E-state index in [0.29, 0.717) is 0 Å². The molecule has 16 heavy (non-hydrogen) atoms. The van der Waals surface area contributed by atoms with Gasteiger partial charge in [0.05, 0.1) is 18.2 Å². The molecular weight excluding hydrogens is 223 g/mol. The summed E-state index contributed by atoms with van der Waals surface area (Å²) in [4.78, 5) is 11.1. The monoisotopic (exact) mass is 233 g/mol. The maximum absolute atomic E-state index is 12.6. The van der Waals surface area contributed by atoms with Crippen molar-refractivity contribution < 1.29 is 22.7 Å². The van der Waals surface area contributed by atoms with Gasteiger partial charge in [-0.2, -0.15) is 13.2 Å². The summed E-state index contributed by atoms with van der Waals surface area (Å²) in [5, 5.41) is 0. The van der Waals surface area contributed by atoms with E-state index in [1.165, 1.54) is 6.92 Å². The van der Waals surface area contributed by atoms with Crippen molar-refractivity contribution in [3.63, 3.8) is 0 Å².